The summed E-state index contributed by atoms with van der Waals surface area (Å²) in [5.74, 6) is 1.76. The lowest BCUT2D eigenvalue weighted by Crippen LogP contribution is -2.42. The van der Waals surface area contributed by atoms with Gasteiger partial charge in [0.25, 0.3) is 0 Å². The second kappa shape index (κ2) is 7.61. The Bertz CT molecular complexity index is 594. The normalized spacial score (nSPS) is 19.3. The van der Waals surface area contributed by atoms with Crippen molar-refractivity contribution >= 4 is 49.3 Å². The molecule has 0 spiro atoms. The van der Waals surface area contributed by atoms with Crippen LogP contribution < -0.4 is 0 Å². The summed E-state index contributed by atoms with van der Waals surface area (Å²) >= 11 is 11.0. The van der Waals surface area contributed by atoms with E-state index in [0.29, 0.717) is 17.6 Å². The third-order valence-electron chi connectivity index (χ3n) is 3.19. The van der Waals surface area contributed by atoms with Crippen molar-refractivity contribution in [2.45, 2.75) is 17.4 Å². The van der Waals surface area contributed by atoms with Crippen LogP contribution in [0.1, 0.15) is 6.42 Å². The Labute approximate surface area is 142 Å². The molecule has 1 atom stereocenters. The van der Waals surface area contributed by atoms with E-state index >= 15 is 0 Å². The maximum atomic E-state index is 12.9. The summed E-state index contributed by atoms with van der Waals surface area (Å²) in [5.41, 5.74) is 0. The van der Waals surface area contributed by atoms with Gasteiger partial charge in [-0.2, -0.15) is 16.1 Å². The predicted molar refractivity (Wildman–Crippen MR) is 88.4 cm³/mol. The molecule has 0 radical (unpaired) electrons. The van der Waals surface area contributed by atoms with E-state index in [4.69, 9.17) is 16.3 Å². The number of rotatable bonds is 6. The number of aromatic nitrogens is 1. The van der Waals surface area contributed by atoms with Gasteiger partial charge in [-0.25, -0.2) is 13.4 Å². The smallest absolute Gasteiger partial charge is 0.246 e. The molecule has 0 saturated carbocycles. The first kappa shape index (κ1) is 17.5. The highest BCUT2D eigenvalue weighted by Gasteiger charge is 2.35. The molecule has 2 rings (SSSR count). The molecule has 1 aliphatic heterocycles. The highest BCUT2D eigenvalue weighted by Crippen LogP contribution is 2.31. The summed E-state index contributed by atoms with van der Waals surface area (Å²) in [7, 11) is -2.14. The molecule has 0 N–H and O–H groups in total. The minimum atomic E-state index is -3.69. The van der Waals surface area contributed by atoms with Gasteiger partial charge in [-0.1, -0.05) is 11.6 Å². The lowest BCUT2D eigenvalue weighted by molar-refractivity contribution is 0.169. The molecule has 1 aromatic heterocycles. The van der Waals surface area contributed by atoms with E-state index < -0.39 is 10.0 Å². The van der Waals surface area contributed by atoms with E-state index in [-0.39, 0.29) is 16.1 Å². The van der Waals surface area contributed by atoms with Crippen molar-refractivity contribution in [3.63, 3.8) is 0 Å². The van der Waals surface area contributed by atoms with Crippen LogP contribution in [0.2, 0.25) is 5.15 Å². The van der Waals surface area contributed by atoms with Crippen molar-refractivity contribution < 1.29 is 13.2 Å². The largest absolute Gasteiger partial charge is 0.383 e. The van der Waals surface area contributed by atoms with Crippen LogP contribution in [-0.4, -0.2) is 55.5 Å². The fourth-order valence-corrected chi connectivity index (χ4v) is 6.02. The maximum Gasteiger partial charge on any atom is 0.246 e. The molecule has 0 bridgehead atoms. The Kier molecular flexibility index (Phi) is 6.34. The molecule has 9 heteroatoms. The molecule has 1 saturated heterocycles. The molecule has 2 heterocycles. The second-order valence-corrected chi connectivity index (χ2v) is 8.85. The van der Waals surface area contributed by atoms with E-state index in [9.17, 15) is 8.42 Å². The average molecular weight is 416 g/mol. The molecule has 1 fully saturated rings. The average Bonchev–Trinajstić information content (AvgIpc) is 2.95. The van der Waals surface area contributed by atoms with Crippen LogP contribution in [0.4, 0.5) is 0 Å². The Morgan fingerprint density at radius 3 is 3.00 bits per heavy atom. The Morgan fingerprint density at radius 1 is 1.62 bits per heavy atom. The van der Waals surface area contributed by atoms with Gasteiger partial charge in [-0.05, 0) is 34.2 Å². The Balaban J connectivity index is 2.38. The van der Waals surface area contributed by atoms with Gasteiger partial charge in [-0.15, -0.1) is 0 Å². The molecule has 1 aliphatic rings. The Morgan fingerprint density at radius 2 is 2.38 bits per heavy atom. The van der Waals surface area contributed by atoms with Crippen molar-refractivity contribution in [2.24, 2.45) is 0 Å². The standard InChI is InChI=1S/C12H16BrClN2O3S2/c1-19-4-3-16(10-2-5-20-8-10)21(17,18)11-6-9(13)7-15-12(11)14/h6-7,10H,2-5,8H2,1H3. The van der Waals surface area contributed by atoms with Crippen molar-refractivity contribution in [1.29, 1.82) is 0 Å². The van der Waals surface area contributed by atoms with Crippen LogP contribution in [0.5, 0.6) is 0 Å². The van der Waals surface area contributed by atoms with Gasteiger partial charge in [0.1, 0.15) is 10.0 Å². The van der Waals surface area contributed by atoms with Gasteiger partial charge >= 0.3 is 0 Å². The van der Waals surface area contributed by atoms with Crippen LogP contribution >= 0.6 is 39.3 Å². The topological polar surface area (TPSA) is 59.5 Å². The monoisotopic (exact) mass is 414 g/mol. The summed E-state index contributed by atoms with van der Waals surface area (Å²) in [5, 5.41) is -0.00809. The van der Waals surface area contributed by atoms with Crippen LogP contribution in [-0.2, 0) is 14.8 Å². The number of sulfonamides is 1. The quantitative estimate of drug-likeness (QED) is 0.669. The molecule has 0 amide bonds. The number of hydrogen-bond donors (Lipinski definition) is 0. The fourth-order valence-electron chi connectivity index (χ4n) is 2.14. The lowest BCUT2D eigenvalue weighted by atomic mass is 10.3. The van der Waals surface area contributed by atoms with Gasteiger partial charge in [0.05, 0.1) is 6.61 Å². The van der Waals surface area contributed by atoms with Crippen molar-refractivity contribution in [1.82, 2.24) is 9.29 Å². The van der Waals surface area contributed by atoms with Crippen molar-refractivity contribution in [3.8, 4) is 0 Å². The third kappa shape index (κ3) is 4.11. The zero-order valence-electron chi connectivity index (χ0n) is 11.5. The van der Waals surface area contributed by atoms with Crippen LogP contribution in [0.25, 0.3) is 0 Å². The molecular formula is C12H16BrClN2O3S2. The van der Waals surface area contributed by atoms with E-state index in [1.54, 1.807) is 18.9 Å². The van der Waals surface area contributed by atoms with E-state index in [0.717, 1.165) is 17.9 Å². The molecule has 118 valence electrons. The number of halogens is 2. The Hall–Kier alpha value is 0.140. The molecule has 21 heavy (non-hydrogen) atoms. The summed E-state index contributed by atoms with van der Waals surface area (Å²) in [4.78, 5) is 3.94. The zero-order chi connectivity index (χ0) is 15.5. The molecular weight excluding hydrogens is 400 g/mol. The minimum absolute atomic E-state index is 0.00809. The van der Waals surface area contributed by atoms with Crippen molar-refractivity contribution in [2.75, 3.05) is 31.8 Å². The SMILES string of the molecule is COCCN(C1CCSC1)S(=O)(=O)c1cc(Br)cnc1Cl. The highest BCUT2D eigenvalue weighted by molar-refractivity contribution is 9.10. The van der Waals surface area contributed by atoms with Crippen LogP contribution in [0.3, 0.4) is 0 Å². The number of nitrogens with zero attached hydrogens (tertiary/aromatic N) is 2. The van der Waals surface area contributed by atoms with Gasteiger partial charge in [0, 0.05) is 36.1 Å². The first-order valence-electron chi connectivity index (χ1n) is 6.36. The van der Waals surface area contributed by atoms with Gasteiger partial charge < -0.3 is 4.74 Å². The summed E-state index contributed by atoms with van der Waals surface area (Å²) in [6, 6.07) is 1.47. The molecule has 5 nitrogen and oxygen atoms in total. The van der Waals surface area contributed by atoms with Gasteiger partial charge in [0.2, 0.25) is 10.0 Å². The summed E-state index contributed by atoms with van der Waals surface area (Å²) < 4.78 is 32.9. The lowest BCUT2D eigenvalue weighted by Gasteiger charge is -2.27. The summed E-state index contributed by atoms with van der Waals surface area (Å²) in [6.45, 7) is 0.659. The first-order chi connectivity index (χ1) is 9.96. The van der Waals surface area contributed by atoms with Crippen molar-refractivity contribution in [3.05, 3.63) is 21.9 Å². The number of methoxy groups -OCH3 is 1. The third-order valence-corrected chi connectivity index (χ3v) is 7.15. The fraction of sp³-hybridized carbons (Fsp3) is 0.583. The van der Waals surface area contributed by atoms with E-state index in [1.807, 2.05) is 0 Å². The minimum Gasteiger partial charge on any atom is -0.383 e. The second-order valence-electron chi connectivity index (χ2n) is 4.57. The van der Waals surface area contributed by atoms with E-state index in [1.165, 1.54) is 16.6 Å². The molecule has 1 aromatic rings. The predicted octanol–water partition coefficient (Wildman–Crippen LogP) is 2.64. The number of thioether (sulfide) groups is 1. The van der Waals surface area contributed by atoms with Crippen LogP contribution in [0.15, 0.2) is 21.6 Å². The number of pyridine rings is 1. The molecule has 0 aliphatic carbocycles. The van der Waals surface area contributed by atoms with E-state index in [2.05, 4.69) is 20.9 Å². The van der Waals surface area contributed by atoms with Gasteiger partial charge in [0.15, 0.2) is 0 Å². The van der Waals surface area contributed by atoms with Gasteiger partial charge in [-0.3, -0.25) is 0 Å². The highest BCUT2D eigenvalue weighted by atomic mass is 79.9. The van der Waals surface area contributed by atoms with Crippen LogP contribution in [0, 0.1) is 0 Å². The maximum absolute atomic E-state index is 12.9. The zero-order valence-corrected chi connectivity index (χ0v) is 15.4. The molecule has 0 aromatic carbocycles. The first-order valence-corrected chi connectivity index (χ1v) is 10.1. The number of hydrogen-bond acceptors (Lipinski definition) is 5. The number of ether oxygens (including phenoxy) is 1. The molecule has 1 unspecified atom stereocenters. The summed E-state index contributed by atoms with van der Waals surface area (Å²) in [6.07, 6.45) is 2.32.